The average molecular weight is 276 g/mol. The summed E-state index contributed by atoms with van der Waals surface area (Å²) < 4.78 is 6.95. The highest BCUT2D eigenvalue weighted by atomic mass is 16.5. The highest BCUT2D eigenvalue weighted by Gasteiger charge is 2.23. The zero-order valence-electron chi connectivity index (χ0n) is 11.1. The average Bonchev–Trinajstić information content (AvgIpc) is 3.18. The van der Waals surface area contributed by atoms with E-state index in [1.165, 1.54) is 0 Å². The van der Waals surface area contributed by atoms with Gasteiger partial charge in [0.15, 0.2) is 0 Å². The highest BCUT2D eigenvalue weighted by Crippen LogP contribution is 2.18. The highest BCUT2D eigenvalue weighted by molar-refractivity contribution is 5.39. The number of hydrazine groups is 1. The number of hydrogen-bond acceptors (Lipinski definition) is 8. The van der Waals surface area contributed by atoms with Gasteiger partial charge in [0.1, 0.15) is 0 Å². The van der Waals surface area contributed by atoms with Gasteiger partial charge in [-0.15, -0.1) is 0 Å². The Morgan fingerprint density at radius 1 is 1.45 bits per heavy atom. The van der Waals surface area contributed by atoms with E-state index in [2.05, 4.69) is 25.5 Å². The summed E-state index contributed by atoms with van der Waals surface area (Å²) in [5.41, 5.74) is 2.45. The Hall–Kier alpha value is -2.26. The summed E-state index contributed by atoms with van der Waals surface area (Å²) in [6.45, 7) is 1.43. The minimum Gasteiger partial charge on any atom is -0.379 e. The molecule has 1 aliphatic rings. The quantitative estimate of drug-likeness (QED) is 0.572. The summed E-state index contributed by atoms with van der Waals surface area (Å²) in [6, 6.07) is 2.06. The Kier molecular flexibility index (Phi) is 3.44. The molecular weight excluding hydrogens is 260 g/mol. The van der Waals surface area contributed by atoms with Crippen molar-refractivity contribution in [3.05, 3.63) is 18.5 Å². The zero-order valence-corrected chi connectivity index (χ0v) is 11.1. The number of hydrogen-bond donors (Lipinski definition) is 2. The van der Waals surface area contributed by atoms with E-state index in [4.69, 9.17) is 10.6 Å². The minimum atomic E-state index is 0.258. The molecule has 0 spiro atoms. The molecule has 20 heavy (non-hydrogen) atoms. The Balaban J connectivity index is 1.95. The molecule has 0 bridgehead atoms. The molecule has 1 fully saturated rings. The first-order valence-corrected chi connectivity index (χ1v) is 6.31. The van der Waals surface area contributed by atoms with E-state index in [-0.39, 0.29) is 6.04 Å². The van der Waals surface area contributed by atoms with Crippen molar-refractivity contribution in [3.8, 4) is 5.95 Å². The van der Waals surface area contributed by atoms with Crippen molar-refractivity contribution in [2.75, 3.05) is 30.6 Å². The third kappa shape index (κ3) is 2.40. The first kappa shape index (κ1) is 12.8. The van der Waals surface area contributed by atoms with Crippen LogP contribution in [0.4, 0.5) is 11.9 Å². The molecule has 9 nitrogen and oxygen atoms in total. The minimum absolute atomic E-state index is 0.258. The van der Waals surface area contributed by atoms with Gasteiger partial charge in [0.25, 0.3) is 5.95 Å². The molecule has 2 aromatic heterocycles. The van der Waals surface area contributed by atoms with Crippen molar-refractivity contribution in [2.45, 2.75) is 12.5 Å². The fourth-order valence-corrected chi connectivity index (χ4v) is 2.06. The Morgan fingerprint density at radius 3 is 3.00 bits per heavy atom. The van der Waals surface area contributed by atoms with Crippen LogP contribution >= 0.6 is 0 Å². The summed E-state index contributed by atoms with van der Waals surface area (Å²) in [5.74, 6) is 6.67. The SMILES string of the molecule is CN(c1nc(NN)nc(-n2cccn2)n1)C1CCOC1. The number of nitrogens with zero attached hydrogens (tertiary/aromatic N) is 6. The van der Waals surface area contributed by atoms with Crippen LogP contribution in [-0.4, -0.2) is 51.0 Å². The maximum Gasteiger partial charge on any atom is 0.257 e. The molecule has 0 radical (unpaired) electrons. The fraction of sp³-hybridized carbons (Fsp3) is 0.455. The second-order valence-corrected chi connectivity index (χ2v) is 4.48. The lowest BCUT2D eigenvalue weighted by atomic mass is 10.2. The second-order valence-electron chi connectivity index (χ2n) is 4.48. The molecule has 1 unspecified atom stereocenters. The normalized spacial score (nSPS) is 18.2. The molecular formula is C11H16N8O. The van der Waals surface area contributed by atoms with E-state index in [1.807, 2.05) is 11.9 Å². The number of ether oxygens (including phenoxy) is 1. The van der Waals surface area contributed by atoms with Crippen molar-refractivity contribution in [2.24, 2.45) is 5.84 Å². The standard InChI is InChI=1S/C11H16N8O/c1-18(8-3-6-20-7-8)10-14-9(17-12)15-11(16-10)19-5-2-4-13-19/h2,4-5,8H,3,6-7,12H2,1H3,(H,14,15,16,17). The molecule has 0 aromatic carbocycles. The van der Waals surface area contributed by atoms with Gasteiger partial charge >= 0.3 is 0 Å². The van der Waals surface area contributed by atoms with Gasteiger partial charge in [-0.1, -0.05) is 0 Å². The Labute approximate surface area is 115 Å². The van der Waals surface area contributed by atoms with Crippen LogP contribution in [0.2, 0.25) is 0 Å². The number of likely N-dealkylation sites (N-methyl/N-ethyl adjacent to an activating group) is 1. The summed E-state index contributed by atoms with van der Waals surface area (Å²) in [4.78, 5) is 14.9. The number of nitrogens with two attached hydrogens (primary N) is 1. The molecule has 3 N–H and O–H groups in total. The summed E-state index contributed by atoms with van der Waals surface area (Å²) in [5, 5.41) is 4.11. The van der Waals surface area contributed by atoms with Gasteiger partial charge < -0.3 is 9.64 Å². The van der Waals surface area contributed by atoms with E-state index in [9.17, 15) is 0 Å². The van der Waals surface area contributed by atoms with E-state index in [0.717, 1.165) is 13.0 Å². The molecule has 1 saturated heterocycles. The first-order chi connectivity index (χ1) is 9.78. The lowest BCUT2D eigenvalue weighted by Crippen LogP contribution is -2.34. The van der Waals surface area contributed by atoms with Crippen LogP contribution in [0, 0.1) is 0 Å². The van der Waals surface area contributed by atoms with Crippen molar-refractivity contribution in [1.29, 1.82) is 0 Å². The molecule has 1 aliphatic heterocycles. The van der Waals surface area contributed by atoms with E-state index < -0.39 is 0 Å². The van der Waals surface area contributed by atoms with Crippen LogP contribution in [0.15, 0.2) is 18.5 Å². The number of rotatable bonds is 4. The third-order valence-corrected chi connectivity index (χ3v) is 3.22. The van der Waals surface area contributed by atoms with Gasteiger partial charge in [0.2, 0.25) is 11.9 Å². The Morgan fingerprint density at radius 2 is 2.35 bits per heavy atom. The Bertz CT molecular complexity index is 566. The first-order valence-electron chi connectivity index (χ1n) is 6.31. The predicted octanol–water partition coefficient (Wildman–Crippen LogP) is -0.432. The van der Waals surface area contributed by atoms with Gasteiger partial charge in [-0.05, 0) is 12.5 Å². The zero-order chi connectivity index (χ0) is 13.9. The second kappa shape index (κ2) is 5.39. The monoisotopic (exact) mass is 276 g/mol. The van der Waals surface area contributed by atoms with Crippen LogP contribution < -0.4 is 16.2 Å². The van der Waals surface area contributed by atoms with E-state index >= 15 is 0 Å². The topological polar surface area (TPSA) is 107 Å². The number of aromatic nitrogens is 5. The molecule has 3 heterocycles. The smallest absolute Gasteiger partial charge is 0.257 e. The van der Waals surface area contributed by atoms with Crippen LogP contribution in [0.3, 0.4) is 0 Å². The predicted molar refractivity (Wildman–Crippen MR) is 72.4 cm³/mol. The third-order valence-electron chi connectivity index (χ3n) is 3.22. The molecule has 2 aromatic rings. The number of anilines is 2. The molecule has 1 atom stereocenters. The number of nitrogens with one attached hydrogen (secondary N) is 1. The van der Waals surface area contributed by atoms with Gasteiger partial charge in [0.05, 0.1) is 12.6 Å². The van der Waals surface area contributed by atoms with Crippen molar-refractivity contribution in [1.82, 2.24) is 24.7 Å². The van der Waals surface area contributed by atoms with Crippen LogP contribution in [0.1, 0.15) is 6.42 Å². The van der Waals surface area contributed by atoms with E-state index in [0.29, 0.717) is 24.5 Å². The maximum absolute atomic E-state index is 5.42. The van der Waals surface area contributed by atoms with Gasteiger partial charge in [-0.3, -0.25) is 5.43 Å². The summed E-state index contributed by atoms with van der Waals surface area (Å²) >= 11 is 0. The molecule has 0 amide bonds. The van der Waals surface area contributed by atoms with E-state index in [1.54, 1.807) is 23.1 Å². The van der Waals surface area contributed by atoms with Crippen molar-refractivity contribution < 1.29 is 4.74 Å². The maximum atomic E-state index is 5.42. The van der Waals surface area contributed by atoms with Gasteiger partial charge in [-0.25, -0.2) is 10.5 Å². The van der Waals surface area contributed by atoms with Crippen LogP contribution in [0.5, 0.6) is 0 Å². The fourth-order valence-electron chi connectivity index (χ4n) is 2.06. The van der Waals surface area contributed by atoms with Crippen LogP contribution in [0.25, 0.3) is 5.95 Å². The van der Waals surface area contributed by atoms with Crippen molar-refractivity contribution >= 4 is 11.9 Å². The lowest BCUT2D eigenvalue weighted by Gasteiger charge is -2.23. The molecule has 0 aliphatic carbocycles. The molecule has 106 valence electrons. The molecule has 0 saturated carbocycles. The van der Waals surface area contributed by atoms with Gasteiger partial charge in [-0.2, -0.15) is 20.1 Å². The van der Waals surface area contributed by atoms with Crippen LogP contribution in [-0.2, 0) is 4.74 Å². The molecule has 9 heteroatoms. The largest absolute Gasteiger partial charge is 0.379 e. The molecule has 3 rings (SSSR count). The summed E-state index contributed by atoms with van der Waals surface area (Å²) in [6.07, 6.45) is 4.37. The summed E-state index contributed by atoms with van der Waals surface area (Å²) in [7, 11) is 1.93. The van der Waals surface area contributed by atoms with Crippen molar-refractivity contribution in [3.63, 3.8) is 0 Å². The van der Waals surface area contributed by atoms with Gasteiger partial charge in [0, 0.05) is 26.0 Å². The lowest BCUT2D eigenvalue weighted by molar-refractivity contribution is 0.193. The number of nitrogen functional groups attached to an aromatic ring is 1.